The number of methoxy groups -OCH3 is 2. The molecule has 2 atom stereocenters. The number of hydrogen-bond acceptors (Lipinski definition) is 4. The maximum atomic E-state index is 12.8. The van der Waals surface area contributed by atoms with Crippen molar-refractivity contribution in [2.24, 2.45) is 5.92 Å². The van der Waals surface area contributed by atoms with Crippen molar-refractivity contribution < 1.29 is 17.9 Å². The molecule has 22 heavy (non-hydrogen) atoms. The molecule has 1 aliphatic rings. The lowest BCUT2D eigenvalue weighted by Gasteiger charge is -2.29. The van der Waals surface area contributed by atoms with E-state index in [1.807, 2.05) is 6.92 Å². The predicted octanol–water partition coefficient (Wildman–Crippen LogP) is 2.87. The molecular weight excluding hydrogens is 302 g/mol. The second-order valence-corrected chi connectivity index (χ2v) is 7.64. The van der Waals surface area contributed by atoms with Crippen LogP contribution in [0.5, 0.6) is 11.5 Å². The van der Waals surface area contributed by atoms with Crippen molar-refractivity contribution in [2.45, 2.75) is 50.5 Å². The summed E-state index contributed by atoms with van der Waals surface area (Å²) in [6.07, 6.45) is 4.17. The van der Waals surface area contributed by atoms with Crippen LogP contribution in [0, 0.1) is 12.8 Å². The Labute approximate surface area is 133 Å². The van der Waals surface area contributed by atoms with E-state index in [0.717, 1.165) is 24.8 Å². The van der Waals surface area contributed by atoms with Gasteiger partial charge in [-0.15, -0.1) is 0 Å². The third kappa shape index (κ3) is 3.55. The third-order valence-corrected chi connectivity index (χ3v) is 5.90. The number of ether oxygens (including phenoxy) is 2. The fraction of sp³-hybridized carbons (Fsp3) is 0.625. The lowest BCUT2D eigenvalue weighted by atomic mass is 9.87. The Hall–Kier alpha value is -1.27. The van der Waals surface area contributed by atoms with Crippen molar-refractivity contribution in [1.29, 1.82) is 0 Å². The number of sulfonamides is 1. The molecule has 1 aliphatic carbocycles. The van der Waals surface area contributed by atoms with Gasteiger partial charge in [0.05, 0.1) is 14.2 Å². The van der Waals surface area contributed by atoms with E-state index >= 15 is 0 Å². The molecule has 0 heterocycles. The number of hydrogen-bond donors (Lipinski definition) is 1. The molecule has 5 nitrogen and oxygen atoms in total. The smallest absolute Gasteiger partial charge is 0.244 e. The summed E-state index contributed by atoms with van der Waals surface area (Å²) >= 11 is 0. The van der Waals surface area contributed by atoms with E-state index in [9.17, 15) is 8.42 Å². The molecule has 0 amide bonds. The van der Waals surface area contributed by atoms with Gasteiger partial charge >= 0.3 is 0 Å². The largest absolute Gasteiger partial charge is 0.496 e. The van der Waals surface area contributed by atoms with Gasteiger partial charge in [-0.3, -0.25) is 0 Å². The van der Waals surface area contributed by atoms with E-state index in [1.54, 1.807) is 6.07 Å². The standard InChI is InChI=1S/C16H25NO4S/c1-11-7-5-6-8-13(11)17-22(18,19)16-10-14(20-3)12(2)9-15(16)21-4/h9-11,13,17H,5-8H2,1-4H3. The van der Waals surface area contributed by atoms with Gasteiger partial charge in [-0.05, 0) is 37.3 Å². The Morgan fingerprint density at radius 2 is 1.73 bits per heavy atom. The molecule has 0 saturated heterocycles. The monoisotopic (exact) mass is 327 g/mol. The first-order chi connectivity index (χ1) is 10.4. The third-order valence-electron chi connectivity index (χ3n) is 4.39. The van der Waals surface area contributed by atoms with Crippen LogP contribution < -0.4 is 14.2 Å². The summed E-state index contributed by atoms with van der Waals surface area (Å²) in [6.45, 7) is 3.95. The fourth-order valence-corrected chi connectivity index (χ4v) is 4.53. The normalized spacial score (nSPS) is 22.4. The molecule has 2 unspecified atom stereocenters. The topological polar surface area (TPSA) is 64.6 Å². The summed E-state index contributed by atoms with van der Waals surface area (Å²) in [4.78, 5) is 0.134. The average Bonchev–Trinajstić information content (AvgIpc) is 2.48. The zero-order chi connectivity index (χ0) is 16.3. The molecule has 0 bridgehead atoms. The molecule has 1 saturated carbocycles. The summed E-state index contributed by atoms with van der Waals surface area (Å²) in [6, 6.07) is 3.21. The van der Waals surface area contributed by atoms with Crippen molar-refractivity contribution in [3.05, 3.63) is 17.7 Å². The first kappa shape index (κ1) is 17.1. The van der Waals surface area contributed by atoms with Crippen LogP contribution in [0.4, 0.5) is 0 Å². The predicted molar refractivity (Wildman–Crippen MR) is 86.0 cm³/mol. The first-order valence-corrected chi connectivity index (χ1v) is 9.12. The minimum Gasteiger partial charge on any atom is -0.496 e. The Morgan fingerprint density at radius 1 is 1.09 bits per heavy atom. The Kier molecular flexibility index (Phi) is 5.34. The summed E-state index contributed by atoms with van der Waals surface area (Å²) in [5, 5.41) is 0. The second kappa shape index (κ2) is 6.87. The molecule has 124 valence electrons. The summed E-state index contributed by atoms with van der Waals surface area (Å²) < 4.78 is 38.9. The minimum absolute atomic E-state index is 0.0178. The minimum atomic E-state index is -3.64. The van der Waals surface area contributed by atoms with E-state index in [1.165, 1.54) is 26.7 Å². The molecule has 1 fully saturated rings. The van der Waals surface area contributed by atoms with Gasteiger partial charge in [0.1, 0.15) is 16.4 Å². The Balaban J connectivity index is 2.35. The molecule has 0 aromatic heterocycles. The molecule has 0 radical (unpaired) electrons. The van der Waals surface area contributed by atoms with Crippen molar-refractivity contribution in [3.8, 4) is 11.5 Å². The molecule has 6 heteroatoms. The van der Waals surface area contributed by atoms with Gasteiger partial charge in [-0.1, -0.05) is 19.8 Å². The van der Waals surface area contributed by atoms with Gasteiger partial charge < -0.3 is 9.47 Å². The Morgan fingerprint density at radius 3 is 2.32 bits per heavy atom. The van der Waals surface area contributed by atoms with Crippen molar-refractivity contribution in [1.82, 2.24) is 4.72 Å². The van der Waals surface area contributed by atoms with Crippen molar-refractivity contribution >= 4 is 10.0 Å². The van der Waals surface area contributed by atoms with Gasteiger partial charge in [0.2, 0.25) is 10.0 Å². The van der Waals surface area contributed by atoms with Crippen molar-refractivity contribution in [2.75, 3.05) is 14.2 Å². The zero-order valence-electron chi connectivity index (χ0n) is 13.7. The lowest BCUT2D eigenvalue weighted by molar-refractivity contribution is 0.310. The average molecular weight is 327 g/mol. The highest BCUT2D eigenvalue weighted by atomic mass is 32.2. The van der Waals surface area contributed by atoms with E-state index in [2.05, 4.69) is 11.6 Å². The van der Waals surface area contributed by atoms with Crippen LogP contribution in [0.25, 0.3) is 0 Å². The lowest BCUT2D eigenvalue weighted by Crippen LogP contribution is -2.41. The quantitative estimate of drug-likeness (QED) is 0.903. The molecule has 1 aromatic rings. The van der Waals surface area contributed by atoms with Gasteiger partial charge in [0.25, 0.3) is 0 Å². The van der Waals surface area contributed by atoms with Gasteiger partial charge in [-0.25, -0.2) is 13.1 Å². The highest BCUT2D eigenvalue weighted by molar-refractivity contribution is 7.89. The number of nitrogens with one attached hydrogen (secondary N) is 1. The van der Waals surface area contributed by atoms with Crippen LogP contribution in [-0.2, 0) is 10.0 Å². The van der Waals surface area contributed by atoms with Crippen LogP contribution in [0.3, 0.4) is 0 Å². The molecule has 1 N–H and O–H groups in total. The van der Waals surface area contributed by atoms with E-state index in [-0.39, 0.29) is 10.9 Å². The molecule has 0 aliphatic heterocycles. The highest BCUT2D eigenvalue weighted by Gasteiger charge is 2.29. The first-order valence-electron chi connectivity index (χ1n) is 7.64. The number of aryl methyl sites for hydroxylation is 1. The Bertz CT molecular complexity index is 627. The van der Waals surface area contributed by atoms with E-state index in [4.69, 9.17) is 9.47 Å². The van der Waals surface area contributed by atoms with Crippen LogP contribution in [0.15, 0.2) is 17.0 Å². The van der Waals surface area contributed by atoms with Crippen LogP contribution in [0.2, 0.25) is 0 Å². The maximum absolute atomic E-state index is 12.8. The van der Waals surface area contributed by atoms with Gasteiger partial charge in [-0.2, -0.15) is 0 Å². The van der Waals surface area contributed by atoms with Crippen LogP contribution in [-0.4, -0.2) is 28.7 Å². The zero-order valence-corrected chi connectivity index (χ0v) is 14.5. The highest BCUT2D eigenvalue weighted by Crippen LogP contribution is 2.33. The molecule has 2 rings (SSSR count). The van der Waals surface area contributed by atoms with E-state index in [0.29, 0.717) is 17.4 Å². The second-order valence-electron chi connectivity index (χ2n) is 5.96. The fourth-order valence-electron chi connectivity index (χ4n) is 2.99. The van der Waals surface area contributed by atoms with Crippen LogP contribution >= 0.6 is 0 Å². The molecule has 0 spiro atoms. The van der Waals surface area contributed by atoms with E-state index < -0.39 is 10.0 Å². The van der Waals surface area contributed by atoms with Gasteiger partial charge in [0.15, 0.2) is 0 Å². The maximum Gasteiger partial charge on any atom is 0.244 e. The van der Waals surface area contributed by atoms with Crippen molar-refractivity contribution in [3.63, 3.8) is 0 Å². The van der Waals surface area contributed by atoms with Gasteiger partial charge in [0, 0.05) is 12.1 Å². The number of benzene rings is 1. The molecular formula is C16H25NO4S. The van der Waals surface area contributed by atoms with Crippen LogP contribution in [0.1, 0.15) is 38.2 Å². The SMILES string of the molecule is COc1cc(S(=O)(=O)NC2CCCCC2C)c(OC)cc1C. The summed E-state index contributed by atoms with van der Waals surface area (Å²) in [7, 11) is -0.635. The summed E-state index contributed by atoms with van der Waals surface area (Å²) in [5.41, 5.74) is 0.837. The number of rotatable bonds is 5. The summed E-state index contributed by atoms with van der Waals surface area (Å²) in [5.74, 6) is 1.23. The molecule has 1 aromatic carbocycles.